The van der Waals surface area contributed by atoms with Crippen molar-refractivity contribution in [1.82, 2.24) is 9.97 Å². The molecule has 2 aromatic heterocycles. The van der Waals surface area contributed by atoms with Crippen LogP contribution in [0, 0.1) is 5.92 Å². The van der Waals surface area contributed by atoms with Crippen LogP contribution in [0.15, 0.2) is 0 Å². The topological polar surface area (TPSA) is 45.6 Å². The molecule has 5 heteroatoms. The number of nitrogens with zero attached hydrogens (tertiary/aromatic N) is 3. The molecule has 1 aliphatic heterocycles. The maximum Gasteiger partial charge on any atom is 0.141 e. The van der Waals surface area contributed by atoms with Crippen molar-refractivity contribution < 1.29 is 5.32 Å². The van der Waals surface area contributed by atoms with E-state index < -0.39 is 0 Å². The molecule has 0 bridgehead atoms. The van der Waals surface area contributed by atoms with Crippen molar-refractivity contribution in [2.24, 2.45) is 5.92 Å². The molecule has 2 aliphatic rings. The summed E-state index contributed by atoms with van der Waals surface area (Å²) in [5.74, 6) is 3.00. The standard InChI is InChI=1S/C19H28N4S/c1-12-5-6-13-14(11-12)24-17-15(13)16(23-9-7-20-8-10-23)21-18(22-17)19(2,3)4/h12,20H,5-11H2,1-4H3/p+1/t12-/m0/s1. The lowest BCUT2D eigenvalue weighted by Crippen LogP contribution is -2.89. The number of nitrogens with two attached hydrogens (primary N) is 1. The summed E-state index contributed by atoms with van der Waals surface area (Å²) in [7, 11) is 0. The van der Waals surface area contributed by atoms with Crippen LogP contribution in [0.5, 0.6) is 0 Å². The van der Waals surface area contributed by atoms with Gasteiger partial charge in [0.2, 0.25) is 0 Å². The summed E-state index contributed by atoms with van der Waals surface area (Å²) >= 11 is 1.93. The molecule has 24 heavy (non-hydrogen) atoms. The Morgan fingerprint density at radius 1 is 1.17 bits per heavy atom. The van der Waals surface area contributed by atoms with Crippen LogP contribution in [-0.2, 0) is 18.3 Å². The fourth-order valence-electron chi connectivity index (χ4n) is 3.85. The number of hydrogen-bond acceptors (Lipinski definition) is 4. The van der Waals surface area contributed by atoms with E-state index in [-0.39, 0.29) is 5.41 Å². The summed E-state index contributed by atoms with van der Waals surface area (Å²) in [5, 5.41) is 3.78. The first-order chi connectivity index (χ1) is 11.4. The van der Waals surface area contributed by atoms with Crippen molar-refractivity contribution in [3.63, 3.8) is 0 Å². The van der Waals surface area contributed by atoms with E-state index >= 15 is 0 Å². The fraction of sp³-hybridized carbons (Fsp3) is 0.684. The summed E-state index contributed by atoms with van der Waals surface area (Å²) < 4.78 is 0. The second-order valence-corrected chi connectivity index (χ2v) is 9.59. The van der Waals surface area contributed by atoms with E-state index in [1.165, 1.54) is 48.4 Å². The van der Waals surface area contributed by atoms with Gasteiger partial charge in [0, 0.05) is 10.3 Å². The van der Waals surface area contributed by atoms with Gasteiger partial charge in [-0.05, 0) is 30.7 Å². The van der Waals surface area contributed by atoms with Crippen molar-refractivity contribution in [1.29, 1.82) is 0 Å². The second kappa shape index (κ2) is 5.95. The Morgan fingerprint density at radius 2 is 1.92 bits per heavy atom. The molecule has 4 nitrogen and oxygen atoms in total. The molecule has 130 valence electrons. The van der Waals surface area contributed by atoms with Gasteiger partial charge in [-0.1, -0.05) is 27.7 Å². The molecule has 2 N–H and O–H groups in total. The Bertz CT molecular complexity index is 753. The van der Waals surface area contributed by atoms with Crippen LogP contribution in [0.25, 0.3) is 10.2 Å². The number of rotatable bonds is 1. The first-order valence-corrected chi connectivity index (χ1v) is 10.1. The summed E-state index contributed by atoms with van der Waals surface area (Å²) in [4.78, 5) is 15.4. The van der Waals surface area contributed by atoms with Gasteiger partial charge in [-0.3, -0.25) is 0 Å². The first-order valence-electron chi connectivity index (χ1n) is 9.33. The number of aryl methyl sites for hydroxylation is 1. The zero-order valence-corrected chi connectivity index (χ0v) is 16.2. The van der Waals surface area contributed by atoms with Crippen molar-refractivity contribution >= 4 is 27.4 Å². The maximum absolute atomic E-state index is 5.10. The molecule has 1 saturated heterocycles. The number of quaternary nitrogens is 1. The normalized spacial score (nSPS) is 22.0. The van der Waals surface area contributed by atoms with E-state index in [4.69, 9.17) is 9.97 Å². The van der Waals surface area contributed by atoms with Gasteiger partial charge in [0.05, 0.1) is 31.6 Å². The summed E-state index contributed by atoms with van der Waals surface area (Å²) in [6.07, 6.45) is 3.71. The van der Waals surface area contributed by atoms with Crippen LogP contribution in [0.3, 0.4) is 0 Å². The molecule has 0 amide bonds. The highest BCUT2D eigenvalue weighted by molar-refractivity contribution is 7.19. The molecule has 0 saturated carbocycles. The predicted molar refractivity (Wildman–Crippen MR) is 101 cm³/mol. The monoisotopic (exact) mass is 345 g/mol. The summed E-state index contributed by atoms with van der Waals surface area (Å²) in [5.41, 5.74) is 1.54. The highest BCUT2D eigenvalue weighted by Crippen LogP contribution is 2.41. The second-order valence-electron chi connectivity index (χ2n) is 8.51. The lowest BCUT2D eigenvalue weighted by molar-refractivity contribution is -0.655. The Hall–Kier alpha value is -1.20. The minimum Gasteiger partial charge on any atom is -0.345 e. The number of fused-ring (bicyclic) bond motifs is 3. The van der Waals surface area contributed by atoms with Gasteiger partial charge in [0.25, 0.3) is 0 Å². The molecule has 0 unspecified atom stereocenters. The van der Waals surface area contributed by atoms with E-state index in [1.807, 2.05) is 11.3 Å². The lowest BCUT2D eigenvalue weighted by atomic mass is 9.89. The largest absolute Gasteiger partial charge is 0.345 e. The number of anilines is 1. The molecular formula is C19H29N4S+. The van der Waals surface area contributed by atoms with Crippen LogP contribution in [-0.4, -0.2) is 36.1 Å². The van der Waals surface area contributed by atoms with Gasteiger partial charge in [0.1, 0.15) is 16.5 Å². The van der Waals surface area contributed by atoms with E-state index in [9.17, 15) is 0 Å². The van der Waals surface area contributed by atoms with E-state index in [0.717, 1.165) is 24.8 Å². The Labute approximate surface area is 148 Å². The molecule has 0 aromatic carbocycles. The van der Waals surface area contributed by atoms with E-state index in [2.05, 4.69) is 37.9 Å². The minimum atomic E-state index is -0.0113. The summed E-state index contributed by atoms with van der Waals surface area (Å²) in [6, 6.07) is 0. The fourth-order valence-corrected chi connectivity index (χ4v) is 5.23. The SMILES string of the molecule is C[C@H]1CCc2c(sc3nc(C(C)(C)C)nc(N4CC[NH2+]CC4)c23)C1. The Morgan fingerprint density at radius 3 is 2.62 bits per heavy atom. The number of hydrogen-bond donors (Lipinski definition) is 1. The van der Waals surface area contributed by atoms with Gasteiger partial charge in [0.15, 0.2) is 0 Å². The van der Waals surface area contributed by atoms with Crippen LogP contribution in [0.2, 0.25) is 0 Å². The van der Waals surface area contributed by atoms with Gasteiger partial charge >= 0.3 is 0 Å². The van der Waals surface area contributed by atoms with Crippen molar-refractivity contribution in [2.45, 2.75) is 52.4 Å². The molecule has 0 spiro atoms. The van der Waals surface area contributed by atoms with E-state index in [1.54, 1.807) is 10.4 Å². The maximum atomic E-state index is 5.10. The number of thiophene rings is 1. The highest BCUT2D eigenvalue weighted by Gasteiger charge is 2.29. The predicted octanol–water partition coefficient (Wildman–Crippen LogP) is 2.50. The molecule has 3 heterocycles. The third-order valence-corrected chi connectivity index (χ3v) is 6.46. The highest BCUT2D eigenvalue weighted by atomic mass is 32.1. The van der Waals surface area contributed by atoms with Crippen molar-refractivity contribution in [3.05, 3.63) is 16.3 Å². The smallest absolute Gasteiger partial charge is 0.141 e. The number of aromatic nitrogens is 2. The molecular weight excluding hydrogens is 316 g/mol. The Balaban J connectivity index is 1.92. The van der Waals surface area contributed by atoms with Crippen LogP contribution < -0.4 is 10.2 Å². The molecule has 2 aromatic rings. The zero-order chi connectivity index (χ0) is 16.9. The zero-order valence-electron chi connectivity index (χ0n) is 15.4. The first kappa shape index (κ1) is 16.3. The third-order valence-electron chi connectivity index (χ3n) is 5.31. The molecule has 1 fully saturated rings. The quantitative estimate of drug-likeness (QED) is 0.864. The van der Waals surface area contributed by atoms with Crippen LogP contribution in [0.4, 0.5) is 5.82 Å². The van der Waals surface area contributed by atoms with Gasteiger partial charge in [-0.15, -0.1) is 11.3 Å². The van der Waals surface area contributed by atoms with Crippen molar-refractivity contribution in [3.8, 4) is 0 Å². The van der Waals surface area contributed by atoms with Crippen LogP contribution in [0.1, 0.15) is 50.4 Å². The molecule has 1 atom stereocenters. The average molecular weight is 346 g/mol. The van der Waals surface area contributed by atoms with Gasteiger partial charge in [-0.25, -0.2) is 9.97 Å². The lowest BCUT2D eigenvalue weighted by Gasteiger charge is -2.29. The molecule has 0 radical (unpaired) electrons. The summed E-state index contributed by atoms with van der Waals surface area (Å²) in [6.45, 7) is 13.6. The van der Waals surface area contributed by atoms with Crippen LogP contribution >= 0.6 is 11.3 Å². The Kier molecular flexibility index (Phi) is 4.04. The minimum absolute atomic E-state index is 0.0113. The average Bonchev–Trinajstić information content (AvgIpc) is 2.91. The van der Waals surface area contributed by atoms with E-state index in [0.29, 0.717) is 0 Å². The molecule has 1 aliphatic carbocycles. The number of piperazine rings is 1. The third kappa shape index (κ3) is 2.82. The van der Waals surface area contributed by atoms with Gasteiger partial charge < -0.3 is 10.2 Å². The van der Waals surface area contributed by atoms with Crippen molar-refractivity contribution in [2.75, 3.05) is 31.1 Å². The van der Waals surface area contributed by atoms with Gasteiger partial charge in [-0.2, -0.15) is 0 Å². The molecule has 4 rings (SSSR count).